The zero-order valence-electron chi connectivity index (χ0n) is 10.1. The van der Waals surface area contributed by atoms with Gasteiger partial charge in [0.15, 0.2) is 5.82 Å². The summed E-state index contributed by atoms with van der Waals surface area (Å²) in [4.78, 5) is 11.8. The molecule has 3 rings (SSSR count). The maximum Gasteiger partial charge on any atom is 0.254 e. The predicted octanol–water partition coefficient (Wildman–Crippen LogP) is 1.44. The van der Waals surface area contributed by atoms with Gasteiger partial charge in [-0.15, -0.1) is 10.2 Å². The van der Waals surface area contributed by atoms with Crippen molar-refractivity contribution in [2.75, 3.05) is 0 Å². The Balaban J connectivity index is 1.68. The van der Waals surface area contributed by atoms with E-state index in [2.05, 4.69) is 20.1 Å². The molecule has 1 aliphatic rings. The molecular weight excluding hydrogens is 232 g/mol. The van der Waals surface area contributed by atoms with E-state index in [-0.39, 0.29) is 5.91 Å². The fourth-order valence-electron chi connectivity index (χ4n) is 2.00. The quantitative estimate of drug-likeness (QED) is 0.886. The van der Waals surface area contributed by atoms with E-state index in [9.17, 15) is 4.79 Å². The Bertz CT molecular complexity index is 555. The third-order valence-corrected chi connectivity index (χ3v) is 3.04. The minimum atomic E-state index is -0.160. The number of aromatic nitrogens is 3. The van der Waals surface area contributed by atoms with Crippen molar-refractivity contribution in [3.05, 3.63) is 35.8 Å². The number of aryl methyl sites for hydroxylation is 1. The molecule has 0 radical (unpaired) electrons. The third kappa shape index (κ3) is 2.01. The highest BCUT2D eigenvalue weighted by atomic mass is 16.3. The summed E-state index contributed by atoms with van der Waals surface area (Å²) in [5, 5.41) is 11.0. The first-order valence-electron chi connectivity index (χ1n) is 5.96. The Morgan fingerprint density at radius 3 is 3.06 bits per heavy atom. The van der Waals surface area contributed by atoms with E-state index < -0.39 is 0 Å². The first-order valence-corrected chi connectivity index (χ1v) is 5.96. The van der Waals surface area contributed by atoms with E-state index in [1.165, 1.54) is 25.4 Å². The van der Waals surface area contributed by atoms with E-state index in [1.54, 1.807) is 6.07 Å². The lowest BCUT2D eigenvalue weighted by atomic mass is 10.3. The SMILES string of the molecule is Cc1nnc(CNC(=O)c2ccoc2)n1C1CC1. The average Bonchev–Trinajstić information content (AvgIpc) is 2.92. The largest absolute Gasteiger partial charge is 0.472 e. The number of amides is 1. The molecule has 6 nitrogen and oxygen atoms in total. The monoisotopic (exact) mass is 246 g/mol. The zero-order valence-corrected chi connectivity index (χ0v) is 10.1. The number of carbonyl (C=O) groups excluding carboxylic acids is 1. The van der Waals surface area contributed by atoms with Crippen LogP contribution in [0.1, 0.15) is 40.9 Å². The van der Waals surface area contributed by atoms with Gasteiger partial charge in [-0.25, -0.2) is 0 Å². The molecule has 1 amide bonds. The Morgan fingerprint density at radius 1 is 1.56 bits per heavy atom. The molecule has 0 aliphatic heterocycles. The lowest BCUT2D eigenvalue weighted by Crippen LogP contribution is -2.24. The first-order chi connectivity index (χ1) is 8.75. The summed E-state index contributed by atoms with van der Waals surface area (Å²) in [6, 6.07) is 2.15. The topological polar surface area (TPSA) is 73.0 Å². The Labute approximate surface area is 104 Å². The van der Waals surface area contributed by atoms with Gasteiger partial charge in [-0.3, -0.25) is 4.79 Å². The van der Waals surface area contributed by atoms with Crippen LogP contribution in [0.5, 0.6) is 0 Å². The molecule has 0 spiro atoms. The summed E-state index contributed by atoms with van der Waals surface area (Å²) < 4.78 is 6.98. The van der Waals surface area contributed by atoms with Gasteiger partial charge >= 0.3 is 0 Å². The van der Waals surface area contributed by atoms with Crippen LogP contribution in [0.4, 0.5) is 0 Å². The van der Waals surface area contributed by atoms with E-state index in [4.69, 9.17) is 4.42 Å². The second kappa shape index (κ2) is 4.29. The van der Waals surface area contributed by atoms with Crippen molar-refractivity contribution in [3.8, 4) is 0 Å². The number of nitrogens with one attached hydrogen (secondary N) is 1. The molecule has 0 atom stereocenters. The van der Waals surface area contributed by atoms with Gasteiger partial charge in [0.1, 0.15) is 12.1 Å². The number of hydrogen-bond acceptors (Lipinski definition) is 4. The Morgan fingerprint density at radius 2 is 2.39 bits per heavy atom. The molecule has 6 heteroatoms. The number of furan rings is 1. The van der Waals surface area contributed by atoms with E-state index in [0.717, 1.165) is 11.6 Å². The minimum Gasteiger partial charge on any atom is -0.472 e. The summed E-state index contributed by atoms with van der Waals surface area (Å²) >= 11 is 0. The van der Waals surface area contributed by atoms with Crippen LogP contribution in [0.3, 0.4) is 0 Å². The summed E-state index contributed by atoms with van der Waals surface area (Å²) in [6.45, 7) is 2.33. The zero-order chi connectivity index (χ0) is 12.5. The third-order valence-electron chi connectivity index (χ3n) is 3.04. The molecule has 94 valence electrons. The average molecular weight is 246 g/mol. The number of nitrogens with zero attached hydrogens (tertiary/aromatic N) is 3. The van der Waals surface area contributed by atoms with E-state index in [0.29, 0.717) is 18.2 Å². The summed E-state index contributed by atoms with van der Waals surface area (Å²) in [5.41, 5.74) is 0.518. The van der Waals surface area contributed by atoms with Gasteiger partial charge in [0.2, 0.25) is 0 Å². The van der Waals surface area contributed by atoms with E-state index >= 15 is 0 Å². The molecular formula is C12H14N4O2. The maximum atomic E-state index is 11.8. The van der Waals surface area contributed by atoms with Gasteiger partial charge in [0.05, 0.1) is 18.4 Å². The van der Waals surface area contributed by atoms with Crippen molar-refractivity contribution >= 4 is 5.91 Å². The molecule has 0 unspecified atom stereocenters. The Hall–Kier alpha value is -2.11. The summed E-state index contributed by atoms with van der Waals surface area (Å²) in [7, 11) is 0. The molecule has 2 aromatic rings. The van der Waals surface area contributed by atoms with Crippen LogP contribution < -0.4 is 5.32 Å². The molecule has 0 saturated heterocycles. The summed E-state index contributed by atoms with van der Waals surface area (Å²) in [5.74, 6) is 1.56. The Kier molecular flexibility index (Phi) is 2.62. The molecule has 2 heterocycles. The number of rotatable bonds is 4. The molecule has 1 saturated carbocycles. The minimum absolute atomic E-state index is 0.160. The lowest BCUT2D eigenvalue weighted by Gasteiger charge is -2.07. The molecule has 18 heavy (non-hydrogen) atoms. The fraction of sp³-hybridized carbons (Fsp3) is 0.417. The second-order valence-corrected chi connectivity index (χ2v) is 4.46. The van der Waals surface area contributed by atoms with Crippen LogP contribution in [0.25, 0.3) is 0 Å². The van der Waals surface area contributed by atoms with Gasteiger partial charge in [0.25, 0.3) is 5.91 Å². The van der Waals surface area contributed by atoms with Crippen LogP contribution >= 0.6 is 0 Å². The van der Waals surface area contributed by atoms with E-state index in [1.807, 2.05) is 6.92 Å². The highest BCUT2D eigenvalue weighted by molar-refractivity contribution is 5.93. The highest BCUT2D eigenvalue weighted by Gasteiger charge is 2.28. The number of hydrogen-bond donors (Lipinski definition) is 1. The predicted molar refractivity (Wildman–Crippen MR) is 62.9 cm³/mol. The standard InChI is InChI=1S/C12H14N4O2/c1-8-14-15-11(16(8)10-2-3-10)6-13-12(17)9-4-5-18-7-9/h4-5,7,10H,2-3,6H2,1H3,(H,13,17). The smallest absolute Gasteiger partial charge is 0.254 e. The molecule has 1 aliphatic carbocycles. The van der Waals surface area contributed by atoms with Crippen molar-refractivity contribution in [2.24, 2.45) is 0 Å². The van der Waals surface area contributed by atoms with Gasteiger partial charge in [-0.2, -0.15) is 0 Å². The van der Waals surface area contributed by atoms with Crippen molar-refractivity contribution in [1.82, 2.24) is 20.1 Å². The molecule has 0 bridgehead atoms. The van der Waals surface area contributed by atoms with Crippen molar-refractivity contribution in [2.45, 2.75) is 32.4 Å². The van der Waals surface area contributed by atoms with Gasteiger partial charge in [-0.1, -0.05) is 0 Å². The molecule has 0 aromatic carbocycles. The van der Waals surface area contributed by atoms with Gasteiger partial charge in [0, 0.05) is 6.04 Å². The first kappa shape index (κ1) is 11.0. The van der Waals surface area contributed by atoms with Crippen molar-refractivity contribution in [3.63, 3.8) is 0 Å². The van der Waals surface area contributed by atoms with Crippen molar-refractivity contribution in [1.29, 1.82) is 0 Å². The molecule has 1 fully saturated rings. The molecule has 2 aromatic heterocycles. The van der Waals surface area contributed by atoms with Crippen molar-refractivity contribution < 1.29 is 9.21 Å². The van der Waals surface area contributed by atoms with Gasteiger partial charge in [-0.05, 0) is 25.8 Å². The normalized spacial score (nSPS) is 14.7. The second-order valence-electron chi connectivity index (χ2n) is 4.46. The van der Waals surface area contributed by atoms with Crippen LogP contribution in [0.2, 0.25) is 0 Å². The van der Waals surface area contributed by atoms with Crippen LogP contribution in [-0.2, 0) is 6.54 Å². The highest BCUT2D eigenvalue weighted by Crippen LogP contribution is 2.36. The van der Waals surface area contributed by atoms with Crippen LogP contribution in [0.15, 0.2) is 23.0 Å². The molecule has 1 N–H and O–H groups in total. The lowest BCUT2D eigenvalue weighted by molar-refractivity contribution is 0.0948. The maximum absolute atomic E-state index is 11.8. The van der Waals surface area contributed by atoms with Crippen LogP contribution in [-0.4, -0.2) is 20.7 Å². The van der Waals surface area contributed by atoms with Crippen LogP contribution in [0, 0.1) is 6.92 Å². The fourth-order valence-corrected chi connectivity index (χ4v) is 2.00. The van der Waals surface area contributed by atoms with Gasteiger partial charge < -0.3 is 14.3 Å². The summed E-state index contributed by atoms with van der Waals surface area (Å²) in [6.07, 6.45) is 5.24. The number of carbonyl (C=O) groups is 1.